The molecule has 1 fully saturated rings. The maximum Gasteiger partial charge on any atom is 0.226 e. The maximum absolute atomic E-state index is 13.0. The number of nitrogens with zero attached hydrogens (tertiary/aromatic N) is 6. The van der Waals surface area contributed by atoms with E-state index in [1.807, 2.05) is 47.1 Å². The molecule has 1 aliphatic rings. The van der Waals surface area contributed by atoms with Crippen molar-refractivity contribution in [2.24, 2.45) is 0 Å². The van der Waals surface area contributed by atoms with Gasteiger partial charge in [-0.1, -0.05) is 31.2 Å². The van der Waals surface area contributed by atoms with E-state index in [-0.39, 0.29) is 18.0 Å². The highest BCUT2D eigenvalue weighted by Crippen LogP contribution is 2.40. The first-order valence-electron chi connectivity index (χ1n) is 12.4. The fourth-order valence-electron chi connectivity index (χ4n) is 5.10. The van der Waals surface area contributed by atoms with Crippen LogP contribution in [-0.2, 0) is 11.2 Å². The maximum atomic E-state index is 13.0. The molecule has 0 saturated carbocycles. The van der Waals surface area contributed by atoms with Crippen LogP contribution in [0.2, 0.25) is 0 Å². The number of thiocarbonyl (C=S) groups is 1. The second-order valence-electron chi connectivity index (χ2n) is 9.11. The number of rotatable bonds is 8. The summed E-state index contributed by atoms with van der Waals surface area (Å²) in [5.41, 5.74) is 6.06. The zero-order chi connectivity index (χ0) is 25.9. The third-order valence-corrected chi connectivity index (χ3v) is 7.19. The molecule has 9 nitrogen and oxygen atoms in total. The molecule has 1 aliphatic heterocycles. The van der Waals surface area contributed by atoms with Crippen molar-refractivity contribution in [3.05, 3.63) is 95.6 Å². The van der Waals surface area contributed by atoms with E-state index in [4.69, 9.17) is 12.2 Å². The second-order valence-corrected chi connectivity index (χ2v) is 9.50. The molecule has 37 heavy (non-hydrogen) atoms. The molecule has 3 aromatic heterocycles. The summed E-state index contributed by atoms with van der Waals surface area (Å²) in [7, 11) is 0. The van der Waals surface area contributed by atoms with Crippen LogP contribution in [0.5, 0.6) is 0 Å². The highest BCUT2D eigenvalue weighted by Gasteiger charge is 2.41. The number of aromatic nitrogens is 5. The zero-order valence-electron chi connectivity index (χ0n) is 21.1. The van der Waals surface area contributed by atoms with Crippen molar-refractivity contribution >= 4 is 28.9 Å². The molecule has 190 valence electrons. The summed E-state index contributed by atoms with van der Waals surface area (Å²) < 4.78 is 3.92. The molecule has 2 N–H and O–H groups in total. The van der Waals surface area contributed by atoms with E-state index in [2.05, 4.69) is 62.2 Å². The van der Waals surface area contributed by atoms with E-state index in [0.29, 0.717) is 18.1 Å². The molecule has 1 saturated heterocycles. The van der Waals surface area contributed by atoms with Crippen molar-refractivity contribution < 1.29 is 4.79 Å². The predicted octanol–water partition coefficient (Wildman–Crippen LogP) is 3.97. The van der Waals surface area contributed by atoms with Crippen molar-refractivity contribution in [2.75, 3.05) is 11.9 Å². The third kappa shape index (κ3) is 4.84. The number of nitrogens with one attached hydrogen (secondary N) is 2. The van der Waals surface area contributed by atoms with Gasteiger partial charge in [-0.15, -0.1) is 10.2 Å². The Morgan fingerprint density at radius 2 is 1.86 bits per heavy atom. The summed E-state index contributed by atoms with van der Waals surface area (Å²) in [6, 6.07) is 15.6. The fraction of sp³-hybridized carbons (Fsp3) is 0.296. The lowest BCUT2D eigenvalue weighted by molar-refractivity contribution is -0.116. The second kappa shape index (κ2) is 10.5. The summed E-state index contributed by atoms with van der Waals surface area (Å²) in [5, 5.41) is 15.1. The Balaban J connectivity index is 1.44. The lowest BCUT2D eigenvalue weighted by atomic mass is 9.96. The number of pyridine rings is 1. The summed E-state index contributed by atoms with van der Waals surface area (Å²) >= 11 is 5.80. The Morgan fingerprint density at radius 3 is 2.59 bits per heavy atom. The van der Waals surface area contributed by atoms with Gasteiger partial charge >= 0.3 is 0 Å². The van der Waals surface area contributed by atoms with Crippen LogP contribution < -0.4 is 10.6 Å². The SMILES string of the molecule is CCc1ccccc1NC(=O)CCN1C(=S)N[C@@H](c2ccccn2)[C@H]1c1cc(C)n(-n2cnnc2)c1C. The third-order valence-electron chi connectivity index (χ3n) is 6.84. The van der Waals surface area contributed by atoms with E-state index >= 15 is 0 Å². The minimum atomic E-state index is -0.160. The molecular formula is C27H30N8OS. The van der Waals surface area contributed by atoms with Crippen molar-refractivity contribution in [3.63, 3.8) is 0 Å². The van der Waals surface area contributed by atoms with Gasteiger partial charge < -0.3 is 15.5 Å². The van der Waals surface area contributed by atoms with Gasteiger partial charge in [-0.05, 0) is 62.3 Å². The lowest BCUT2D eigenvalue weighted by Gasteiger charge is -2.28. The first-order chi connectivity index (χ1) is 18.0. The van der Waals surface area contributed by atoms with Gasteiger partial charge in [-0.25, -0.2) is 4.68 Å². The van der Waals surface area contributed by atoms with Crippen LogP contribution in [0.1, 0.15) is 53.6 Å². The number of carbonyl (C=O) groups excluding carboxylic acids is 1. The Kier molecular flexibility index (Phi) is 7.00. The number of aryl methyl sites for hydroxylation is 2. The number of amides is 1. The smallest absolute Gasteiger partial charge is 0.226 e. The molecule has 0 aliphatic carbocycles. The number of hydrogen-bond donors (Lipinski definition) is 2. The van der Waals surface area contributed by atoms with Crippen LogP contribution in [0.4, 0.5) is 5.69 Å². The lowest BCUT2D eigenvalue weighted by Crippen LogP contribution is -2.33. The molecule has 0 radical (unpaired) electrons. The monoisotopic (exact) mass is 514 g/mol. The van der Waals surface area contributed by atoms with Crippen LogP contribution in [0.3, 0.4) is 0 Å². The Bertz CT molecular complexity index is 1400. The number of benzene rings is 1. The van der Waals surface area contributed by atoms with Crippen molar-refractivity contribution in [1.29, 1.82) is 0 Å². The van der Waals surface area contributed by atoms with Gasteiger partial charge in [0.15, 0.2) is 5.11 Å². The molecule has 4 aromatic rings. The van der Waals surface area contributed by atoms with Crippen LogP contribution in [0, 0.1) is 13.8 Å². The largest absolute Gasteiger partial charge is 0.352 e. The Morgan fingerprint density at radius 1 is 1.11 bits per heavy atom. The van der Waals surface area contributed by atoms with Crippen molar-refractivity contribution in [1.82, 2.24) is 34.8 Å². The Labute approximate surface area is 221 Å². The average molecular weight is 515 g/mol. The van der Waals surface area contributed by atoms with E-state index in [1.54, 1.807) is 18.9 Å². The number of para-hydroxylation sites is 1. The first kappa shape index (κ1) is 24.6. The van der Waals surface area contributed by atoms with Gasteiger partial charge in [0.2, 0.25) is 5.91 Å². The van der Waals surface area contributed by atoms with Gasteiger partial charge in [0.25, 0.3) is 0 Å². The summed E-state index contributed by atoms with van der Waals surface area (Å²) in [4.78, 5) is 19.7. The first-order valence-corrected chi connectivity index (χ1v) is 12.8. The summed E-state index contributed by atoms with van der Waals surface area (Å²) in [5.74, 6) is -0.0429. The van der Waals surface area contributed by atoms with Gasteiger partial charge in [0, 0.05) is 41.8 Å². The minimum Gasteiger partial charge on any atom is -0.352 e. The topological polar surface area (TPSA) is 92.9 Å². The van der Waals surface area contributed by atoms with E-state index in [9.17, 15) is 4.79 Å². The van der Waals surface area contributed by atoms with Gasteiger partial charge in [0.05, 0.1) is 17.8 Å². The van der Waals surface area contributed by atoms with Gasteiger partial charge in [0.1, 0.15) is 12.7 Å². The zero-order valence-corrected chi connectivity index (χ0v) is 21.9. The molecule has 1 aromatic carbocycles. The number of carbonyl (C=O) groups is 1. The standard InChI is InChI=1S/C27H30N8OS/c1-4-20-9-5-6-10-22(20)31-24(36)12-14-34-26(25(32-27(34)37)23-11-7-8-13-28-23)21-15-18(2)35(19(21)3)33-16-29-30-17-33/h5-11,13,15-17,25-26H,4,12,14H2,1-3H3,(H,31,36)(H,32,37)/t25-,26+/m0/s1. The van der Waals surface area contributed by atoms with Crippen LogP contribution >= 0.6 is 12.2 Å². The molecule has 0 spiro atoms. The van der Waals surface area contributed by atoms with Gasteiger partial charge in [-0.2, -0.15) is 0 Å². The molecule has 5 rings (SSSR count). The molecule has 0 bridgehead atoms. The average Bonchev–Trinajstić information content (AvgIpc) is 3.61. The van der Waals surface area contributed by atoms with E-state index < -0.39 is 0 Å². The van der Waals surface area contributed by atoms with Crippen molar-refractivity contribution in [3.8, 4) is 0 Å². The van der Waals surface area contributed by atoms with Crippen LogP contribution in [-0.4, -0.2) is 47.0 Å². The predicted molar refractivity (Wildman–Crippen MR) is 146 cm³/mol. The fourth-order valence-corrected chi connectivity index (χ4v) is 5.43. The van der Waals surface area contributed by atoms with Crippen molar-refractivity contribution in [2.45, 2.75) is 45.7 Å². The molecule has 4 heterocycles. The van der Waals surface area contributed by atoms with Crippen LogP contribution in [0.25, 0.3) is 0 Å². The summed E-state index contributed by atoms with van der Waals surface area (Å²) in [6.45, 7) is 6.68. The molecule has 2 atom stereocenters. The van der Waals surface area contributed by atoms with Gasteiger partial charge in [-0.3, -0.25) is 14.5 Å². The quantitative estimate of drug-likeness (QED) is 0.344. The minimum absolute atomic E-state index is 0.0429. The highest BCUT2D eigenvalue weighted by molar-refractivity contribution is 7.80. The normalized spacial score (nSPS) is 17.2. The highest BCUT2D eigenvalue weighted by atomic mass is 32.1. The molecular weight excluding hydrogens is 484 g/mol. The van der Waals surface area contributed by atoms with Crippen LogP contribution in [0.15, 0.2) is 67.4 Å². The molecule has 10 heteroatoms. The molecule has 0 unspecified atom stereocenters. The number of hydrogen-bond acceptors (Lipinski definition) is 5. The number of anilines is 1. The summed E-state index contributed by atoms with van der Waals surface area (Å²) in [6.07, 6.45) is 6.29. The van der Waals surface area contributed by atoms with E-state index in [1.165, 1.54) is 0 Å². The van der Waals surface area contributed by atoms with E-state index in [0.717, 1.165) is 40.3 Å². The molecule has 1 amide bonds. The Hall–Kier alpha value is -4.05.